The van der Waals surface area contributed by atoms with Gasteiger partial charge in [-0.3, -0.25) is 4.79 Å². The highest BCUT2D eigenvalue weighted by molar-refractivity contribution is 5.84. The Labute approximate surface area is 116 Å². The van der Waals surface area contributed by atoms with Crippen LogP contribution in [0, 0.1) is 5.82 Å². The van der Waals surface area contributed by atoms with Crippen LogP contribution in [0.3, 0.4) is 0 Å². The number of anilines is 1. The highest BCUT2D eigenvalue weighted by Crippen LogP contribution is 2.23. The van der Waals surface area contributed by atoms with Crippen LogP contribution >= 0.6 is 0 Å². The number of carbonyl (C=O) groups is 1. The molecule has 4 nitrogen and oxygen atoms in total. The van der Waals surface area contributed by atoms with Crippen molar-refractivity contribution in [2.45, 2.75) is 6.04 Å². The predicted octanol–water partition coefficient (Wildman–Crippen LogP) is 2.47. The lowest BCUT2D eigenvalue weighted by atomic mass is 10.1. The fourth-order valence-corrected chi connectivity index (χ4v) is 1.88. The number of nitrogens with two attached hydrogens (primary N) is 1. The first-order valence-corrected chi connectivity index (χ1v) is 6.05. The zero-order valence-electron chi connectivity index (χ0n) is 11.0. The van der Waals surface area contributed by atoms with Crippen molar-refractivity contribution >= 4 is 11.6 Å². The van der Waals surface area contributed by atoms with Gasteiger partial charge in [0.2, 0.25) is 5.91 Å². The zero-order valence-corrected chi connectivity index (χ0v) is 11.0. The summed E-state index contributed by atoms with van der Waals surface area (Å²) in [6.45, 7) is 0. The molecule has 0 saturated heterocycles. The highest BCUT2D eigenvalue weighted by atomic mass is 19.1. The highest BCUT2D eigenvalue weighted by Gasteiger charge is 2.18. The minimum atomic E-state index is -0.758. The molecule has 0 saturated carbocycles. The van der Waals surface area contributed by atoms with Crippen LogP contribution in [0.4, 0.5) is 10.1 Å². The number of hydrogen-bond acceptors (Lipinski definition) is 3. The number of nitrogens with one attached hydrogen (secondary N) is 1. The molecule has 0 heterocycles. The van der Waals surface area contributed by atoms with E-state index >= 15 is 0 Å². The average molecular weight is 274 g/mol. The van der Waals surface area contributed by atoms with Crippen LogP contribution in [0.15, 0.2) is 48.5 Å². The van der Waals surface area contributed by atoms with E-state index in [1.165, 1.54) is 12.1 Å². The first-order valence-electron chi connectivity index (χ1n) is 6.05. The Hall–Kier alpha value is -2.56. The van der Waals surface area contributed by atoms with Crippen LogP contribution in [0.2, 0.25) is 0 Å². The predicted molar refractivity (Wildman–Crippen MR) is 75.0 cm³/mol. The van der Waals surface area contributed by atoms with Crippen LogP contribution in [0.5, 0.6) is 5.75 Å². The second-order valence-electron chi connectivity index (χ2n) is 4.27. The molecule has 1 unspecified atom stereocenters. The van der Waals surface area contributed by atoms with Crippen molar-refractivity contribution in [1.82, 2.24) is 0 Å². The maximum Gasteiger partial charge on any atom is 0.244 e. The number of halogens is 1. The number of amides is 1. The maximum atomic E-state index is 13.2. The molecule has 0 fully saturated rings. The average Bonchev–Trinajstić information content (AvgIpc) is 2.44. The molecule has 5 heteroatoms. The summed E-state index contributed by atoms with van der Waals surface area (Å²) in [5.41, 5.74) is 6.55. The van der Waals surface area contributed by atoms with E-state index < -0.39 is 11.9 Å². The van der Waals surface area contributed by atoms with Crippen molar-refractivity contribution in [1.29, 1.82) is 0 Å². The van der Waals surface area contributed by atoms with Gasteiger partial charge in [0.05, 0.1) is 7.11 Å². The van der Waals surface area contributed by atoms with Crippen molar-refractivity contribution < 1.29 is 13.9 Å². The normalized spacial score (nSPS) is 11.7. The molecule has 0 spiro atoms. The van der Waals surface area contributed by atoms with Gasteiger partial charge in [0, 0.05) is 5.69 Å². The Morgan fingerprint density at radius 1 is 1.25 bits per heavy atom. The van der Waals surface area contributed by atoms with Crippen LogP contribution in [-0.2, 0) is 4.79 Å². The first kappa shape index (κ1) is 13.9. The molecule has 1 atom stereocenters. The van der Waals surface area contributed by atoms with E-state index in [1.54, 1.807) is 43.5 Å². The molecule has 1 amide bonds. The number of hydrogen-bond donors (Lipinski definition) is 2. The molecule has 0 radical (unpaired) electrons. The number of rotatable bonds is 5. The molecule has 2 aromatic rings. The minimum Gasteiger partial charge on any atom is -0.497 e. The molecule has 104 valence electrons. The third-order valence-electron chi connectivity index (χ3n) is 2.85. The Bertz CT molecular complexity index is 616. The third kappa shape index (κ3) is 3.26. The van der Waals surface area contributed by atoms with Crippen LogP contribution < -0.4 is 15.8 Å². The molecule has 0 aliphatic heterocycles. The largest absolute Gasteiger partial charge is 0.497 e. The fraction of sp³-hybridized carbons (Fsp3) is 0.133. The van der Waals surface area contributed by atoms with Gasteiger partial charge in [-0.05, 0) is 35.9 Å². The van der Waals surface area contributed by atoms with Crippen molar-refractivity contribution in [3.05, 3.63) is 59.9 Å². The summed E-state index contributed by atoms with van der Waals surface area (Å²) >= 11 is 0. The summed E-state index contributed by atoms with van der Waals surface area (Å²) in [6, 6.07) is 12.1. The third-order valence-corrected chi connectivity index (χ3v) is 2.85. The number of primary amides is 1. The van der Waals surface area contributed by atoms with E-state index in [4.69, 9.17) is 10.5 Å². The van der Waals surface area contributed by atoms with Gasteiger partial charge in [-0.1, -0.05) is 18.2 Å². The maximum absolute atomic E-state index is 13.2. The summed E-state index contributed by atoms with van der Waals surface area (Å²) in [6.07, 6.45) is 0. The van der Waals surface area contributed by atoms with E-state index in [9.17, 15) is 9.18 Å². The molecule has 0 aromatic heterocycles. The van der Waals surface area contributed by atoms with Crippen molar-refractivity contribution in [3.63, 3.8) is 0 Å². The molecule has 2 aromatic carbocycles. The lowest BCUT2D eigenvalue weighted by molar-refractivity contribution is -0.118. The Balaban J connectivity index is 2.29. The molecule has 0 bridgehead atoms. The first-order chi connectivity index (χ1) is 9.60. The van der Waals surface area contributed by atoms with Gasteiger partial charge in [-0.2, -0.15) is 0 Å². The molecule has 0 aliphatic rings. The number of carbonyl (C=O) groups excluding carboxylic acids is 1. The second kappa shape index (κ2) is 6.06. The minimum absolute atomic E-state index is 0.385. The SMILES string of the molecule is COc1cccc(C(Nc2cccc(F)c2)C(N)=O)c1. The molecule has 0 aliphatic carbocycles. The summed E-state index contributed by atoms with van der Waals surface area (Å²) in [4.78, 5) is 11.6. The molecule has 20 heavy (non-hydrogen) atoms. The second-order valence-corrected chi connectivity index (χ2v) is 4.27. The topological polar surface area (TPSA) is 64.3 Å². The Morgan fingerprint density at radius 3 is 2.65 bits per heavy atom. The summed E-state index contributed by atoms with van der Waals surface area (Å²) < 4.78 is 18.3. The molecular formula is C15H15FN2O2. The fourth-order valence-electron chi connectivity index (χ4n) is 1.88. The van der Waals surface area contributed by atoms with Gasteiger partial charge in [0.1, 0.15) is 17.6 Å². The standard InChI is InChI=1S/C15H15FN2O2/c1-20-13-7-2-4-10(8-13)14(15(17)19)18-12-6-3-5-11(16)9-12/h2-9,14,18H,1H3,(H2,17,19). The summed E-state index contributed by atoms with van der Waals surface area (Å²) in [7, 11) is 1.54. The van der Waals surface area contributed by atoms with E-state index in [2.05, 4.69) is 5.32 Å². The summed E-state index contributed by atoms with van der Waals surface area (Å²) in [5, 5.41) is 2.92. The van der Waals surface area contributed by atoms with Gasteiger partial charge < -0.3 is 15.8 Å². The van der Waals surface area contributed by atoms with E-state index in [-0.39, 0.29) is 5.82 Å². The van der Waals surface area contributed by atoms with Crippen molar-refractivity contribution in [3.8, 4) is 5.75 Å². The van der Waals surface area contributed by atoms with Gasteiger partial charge in [-0.15, -0.1) is 0 Å². The smallest absolute Gasteiger partial charge is 0.244 e. The monoisotopic (exact) mass is 274 g/mol. The molecular weight excluding hydrogens is 259 g/mol. The van der Waals surface area contributed by atoms with E-state index in [0.717, 1.165) is 0 Å². The van der Waals surface area contributed by atoms with E-state index in [1.807, 2.05) is 0 Å². The Kier molecular flexibility index (Phi) is 4.20. The van der Waals surface area contributed by atoms with Crippen molar-refractivity contribution in [2.75, 3.05) is 12.4 Å². The number of methoxy groups -OCH3 is 1. The van der Waals surface area contributed by atoms with Crippen LogP contribution in [0.25, 0.3) is 0 Å². The van der Waals surface area contributed by atoms with Crippen molar-refractivity contribution in [2.24, 2.45) is 5.73 Å². The lowest BCUT2D eigenvalue weighted by Gasteiger charge is -2.17. The number of benzene rings is 2. The van der Waals surface area contributed by atoms with Gasteiger partial charge >= 0.3 is 0 Å². The van der Waals surface area contributed by atoms with Crippen LogP contribution in [-0.4, -0.2) is 13.0 Å². The molecule has 2 rings (SSSR count). The lowest BCUT2D eigenvalue weighted by Crippen LogP contribution is -2.27. The quantitative estimate of drug-likeness (QED) is 0.880. The summed E-state index contributed by atoms with van der Waals surface area (Å²) in [5.74, 6) is -0.318. The van der Waals surface area contributed by atoms with E-state index in [0.29, 0.717) is 17.0 Å². The van der Waals surface area contributed by atoms with Gasteiger partial charge in [0.15, 0.2) is 0 Å². The van der Waals surface area contributed by atoms with Crippen LogP contribution in [0.1, 0.15) is 11.6 Å². The van der Waals surface area contributed by atoms with Gasteiger partial charge in [0.25, 0.3) is 0 Å². The zero-order chi connectivity index (χ0) is 14.5. The molecule has 3 N–H and O–H groups in total. The van der Waals surface area contributed by atoms with Gasteiger partial charge in [-0.25, -0.2) is 4.39 Å². The number of ether oxygens (including phenoxy) is 1. The Morgan fingerprint density at radius 2 is 2.00 bits per heavy atom.